The molecule has 0 unspecified atom stereocenters. The molecule has 2 fully saturated rings. The van der Waals surface area contributed by atoms with Gasteiger partial charge in [0.05, 0.1) is 0 Å². The third-order valence-electron chi connectivity index (χ3n) is 3.83. The lowest BCUT2D eigenvalue weighted by molar-refractivity contribution is -0.579. The van der Waals surface area contributed by atoms with Crippen LogP contribution in [0, 0.1) is 5.41 Å². The summed E-state index contributed by atoms with van der Waals surface area (Å²) in [6.45, 7) is 2.47. The molecule has 0 aromatic carbocycles. The molecule has 0 radical (unpaired) electrons. The van der Waals surface area contributed by atoms with Crippen molar-refractivity contribution in [1.82, 2.24) is 5.01 Å². The van der Waals surface area contributed by atoms with Gasteiger partial charge in [0.1, 0.15) is 0 Å². The lowest BCUT2D eigenvalue weighted by Crippen LogP contribution is -3.00. The fourth-order valence-corrected chi connectivity index (χ4v) is 2.83. The second-order valence-corrected chi connectivity index (χ2v) is 4.68. The van der Waals surface area contributed by atoms with Crippen LogP contribution in [-0.4, -0.2) is 18.1 Å². The normalized spacial score (nSPS) is 28.4. The summed E-state index contributed by atoms with van der Waals surface area (Å²) in [6, 6.07) is 0. The second-order valence-electron chi connectivity index (χ2n) is 4.68. The molecule has 0 aromatic heterocycles. The number of nitrogens with zero attached hydrogens (tertiary/aromatic N) is 1. The minimum Gasteiger partial charge on any atom is -1.00 e. The van der Waals surface area contributed by atoms with E-state index < -0.39 is 0 Å². The van der Waals surface area contributed by atoms with Gasteiger partial charge < -0.3 is 12.4 Å². The third kappa shape index (κ3) is 2.58. The molecular formula is C10H21ClN2. The van der Waals surface area contributed by atoms with Crippen LogP contribution in [0.25, 0.3) is 0 Å². The zero-order valence-electron chi connectivity index (χ0n) is 8.40. The Balaban J connectivity index is 0.000000845. The smallest absolute Gasteiger partial charge is 0.0478 e. The highest BCUT2D eigenvalue weighted by Crippen LogP contribution is 2.43. The summed E-state index contributed by atoms with van der Waals surface area (Å²) < 4.78 is 0. The van der Waals surface area contributed by atoms with Crippen LogP contribution >= 0.6 is 0 Å². The number of quaternary nitrogens is 1. The Kier molecular flexibility index (Phi) is 4.02. The quantitative estimate of drug-likeness (QED) is 0.496. The molecule has 0 aromatic rings. The van der Waals surface area contributed by atoms with Crippen molar-refractivity contribution in [3.8, 4) is 0 Å². The Morgan fingerprint density at radius 2 is 1.38 bits per heavy atom. The van der Waals surface area contributed by atoms with Gasteiger partial charge >= 0.3 is 0 Å². The number of rotatable bonds is 0. The van der Waals surface area contributed by atoms with Gasteiger partial charge in [0.25, 0.3) is 0 Å². The van der Waals surface area contributed by atoms with Crippen LogP contribution in [-0.2, 0) is 0 Å². The van der Waals surface area contributed by atoms with E-state index in [1.807, 2.05) is 0 Å². The van der Waals surface area contributed by atoms with Gasteiger partial charge in [-0.2, -0.15) is 5.01 Å². The summed E-state index contributed by atoms with van der Waals surface area (Å²) in [5, 5.41) is 2.24. The summed E-state index contributed by atoms with van der Waals surface area (Å²) in [5.41, 5.74) is 0.756. The minimum absolute atomic E-state index is 0. The van der Waals surface area contributed by atoms with E-state index in [1.165, 1.54) is 58.0 Å². The van der Waals surface area contributed by atoms with Gasteiger partial charge in [-0.1, -0.05) is 19.3 Å². The van der Waals surface area contributed by atoms with E-state index in [1.54, 1.807) is 0 Å². The topological polar surface area (TPSA) is 30.9 Å². The lowest BCUT2D eigenvalue weighted by atomic mass is 9.68. The fraction of sp³-hybridized carbons (Fsp3) is 1.00. The average Bonchev–Trinajstić information content (AvgIpc) is 2.13. The van der Waals surface area contributed by atoms with Crippen molar-refractivity contribution in [2.45, 2.75) is 44.9 Å². The van der Waals surface area contributed by atoms with Gasteiger partial charge in [0.15, 0.2) is 0 Å². The summed E-state index contributed by atoms with van der Waals surface area (Å²) >= 11 is 0. The highest BCUT2D eigenvalue weighted by atomic mass is 35.5. The largest absolute Gasteiger partial charge is 1.00 e. The molecular weight excluding hydrogens is 184 g/mol. The summed E-state index contributed by atoms with van der Waals surface area (Å²) in [5.74, 6) is 4.01. The monoisotopic (exact) mass is 204 g/mol. The van der Waals surface area contributed by atoms with Crippen LogP contribution in [0.3, 0.4) is 0 Å². The number of halogens is 1. The van der Waals surface area contributed by atoms with E-state index in [4.69, 9.17) is 0 Å². The first kappa shape index (κ1) is 11.3. The summed E-state index contributed by atoms with van der Waals surface area (Å²) in [7, 11) is 0. The van der Waals surface area contributed by atoms with Gasteiger partial charge in [-0.15, -0.1) is 0 Å². The van der Waals surface area contributed by atoms with Crippen molar-refractivity contribution in [3.05, 3.63) is 0 Å². The molecule has 1 heterocycles. The molecule has 1 saturated carbocycles. The lowest BCUT2D eigenvalue weighted by Gasteiger charge is -2.41. The molecule has 1 saturated heterocycles. The zero-order valence-corrected chi connectivity index (χ0v) is 9.15. The highest BCUT2D eigenvalue weighted by Gasteiger charge is 2.35. The van der Waals surface area contributed by atoms with Crippen molar-refractivity contribution >= 4 is 0 Å². The molecule has 3 heteroatoms. The Bertz CT molecular complexity index is 145. The van der Waals surface area contributed by atoms with Gasteiger partial charge in [-0.25, -0.2) is 0 Å². The van der Waals surface area contributed by atoms with E-state index in [-0.39, 0.29) is 12.4 Å². The molecule has 0 bridgehead atoms. The SMILES string of the molecule is [Cl-].[NH3+]N1CCC2(CCCCC2)CC1. The van der Waals surface area contributed by atoms with Gasteiger partial charge in [0.2, 0.25) is 0 Å². The van der Waals surface area contributed by atoms with Crippen molar-refractivity contribution in [2.75, 3.05) is 13.1 Å². The molecule has 3 N–H and O–H groups in total. The van der Waals surface area contributed by atoms with E-state index in [9.17, 15) is 0 Å². The van der Waals surface area contributed by atoms with Gasteiger partial charge in [0, 0.05) is 13.1 Å². The Morgan fingerprint density at radius 1 is 0.846 bits per heavy atom. The predicted octanol–water partition coefficient (Wildman–Crippen LogP) is -1.81. The van der Waals surface area contributed by atoms with Crippen LogP contribution in [0.2, 0.25) is 0 Å². The Morgan fingerprint density at radius 3 is 1.92 bits per heavy atom. The van der Waals surface area contributed by atoms with E-state index in [2.05, 4.69) is 10.9 Å². The second kappa shape index (κ2) is 4.63. The maximum atomic E-state index is 4.01. The van der Waals surface area contributed by atoms with Gasteiger partial charge in [-0.05, 0) is 31.1 Å². The van der Waals surface area contributed by atoms with E-state index >= 15 is 0 Å². The van der Waals surface area contributed by atoms with Crippen molar-refractivity contribution in [2.24, 2.45) is 5.41 Å². The molecule has 1 aliphatic carbocycles. The van der Waals surface area contributed by atoms with E-state index in [0.29, 0.717) is 0 Å². The molecule has 2 nitrogen and oxygen atoms in total. The molecule has 0 atom stereocenters. The van der Waals surface area contributed by atoms with Crippen LogP contribution in [0.4, 0.5) is 0 Å². The Labute approximate surface area is 87.2 Å². The maximum absolute atomic E-state index is 4.01. The molecule has 1 aliphatic heterocycles. The number of hydrogen-bond acceptors (Lipinski definition) is 1. The molecule has 1 spiro atoms. The first-order valence-electron chi connectivity index (χ1n) is 5.36. The van der Waals surface area contributed by atoms with Crippen molar-refractivity contribution in [1.29, 1.82) is 0 Å². The van der Waals surface area contributed by atoms with Crippen LogP contribution in [0.15, 0.2) is 0 Å². The van der Waals surface area contributed by atoms with Gasteiger partial charge in [-0.3, -0.25) is 5.84 Å². The Hall–Kier alpha value is 0.210. The van der Waals surface area contributed by atoms with Crippen LogP contribution < -0.4 is 18.2 Å². The molecule has 2 rings (SSSR count). The fourth-order valence-electron chi connectivity index (χ4n) is 2.83. The average molecular weight is 205 g/mol. The zero-order chi connectivity index (χ0) is 8.44. The van der Waals surface area contributed by atoms with Crippen LogP contribution in [0.1, 0.15) is 44.9 Å². The molecule has 2 aliphatic rings. The molecule has 0 amide bonds. The molecule has 78 valence electrons. The first-order chi connectivity index (χ1) is 5.81. The minimum atomic E-state index is 0. The first-order valence-corrected chi connectivity index (χ1v) is 5.36. The van der Waals surface area contributed by atoms with Crippen molar-refractivity contribution in [3.63, 3.8) is 0 Å². The summed E-state index contributed by atoms with van der Waals surface area (Å²) in [4.78, 5) is 0. The predicted molar refractivity (Wildman–Crippen MR) is 49.2 cm³/mol. The number of hydrogen-bond donors (Lipinski definition) is 1. The standard InChI is InChI=1S/C10H20N2.ClH/c11-12-8-6-10(7-9-12)4-2-1-3-5-10;/h1-9,11H2;1H. The maximum Gasteiger partial charge on any atom is 0.0478 e. The van der Waals surface area contributed by atoms with E-state index in [0.717, 1.165) is 5.41 Å². The number of piperidine rings is 1. The van der Waals surface area contributed by atoms with Crippen molar-refractivity contribution < 1.29 is 18.2 Å². The highest BCUT2D eigenvalue weighted by molar-refractivity contribution is 4.86. The van der Waals surface area contributed by atoms with Crippen LogP contribution in [0.5, 0.6) is 0 Å². The summed E-state index contributed by atoms with van der Waals surface area (Å²) in [6.07, 6.45) is 10.3. The molecule has 13 heavy (non-hydrogen) atoms. The third-order valence-corrected chi connectivity index (χ3v) is 3.83.